The molecular formula is C18H23N3. The maximum atomic E-state index is 5.48. The second-order valence-electron chi connectivity index (χ2n) is 5.78. The van der Waals surface area contributed by atoms with Crippen LogP contribution in [0.5, 0.6) is 0 Å². The molecule has 21 heavy (non-hydrogen) atoms. The minimum absolute atomic E-state index is 0.547. The molecule has 0 saturated carbocycles. The maximum absolute atomic E-state index is 5.48. The van der Waals surface area contributed by atoms with E-state index in [1.807, 2.05) is 0 Å². The molecule has 1 aliphatic heterocycles. The number of hydrogen-bond donors (Lipinski definition) is 3. The van der Waals surface area contributed by atoms with E-state index in [1.54, 1.807) is 0 Å². The Morgan fingerprint density at radius 2 is 1.90 bits per heavy atom. The zero-order valence-electron chi connectivity index (χ0n) is 12.5. The molecule has 0 aromatic heterocycles. The van der Waals surface area contributed by atoms with E-state index in [4.69, 9.17) is 5.73 Å². The fourth-order valence-electron chi connectivity index (χ4n) is 2.88. The zero-order valence-corrected chi connectivity index (χ0v) is 12.5. The number of anilines is 1. The summed E-state index contributed by atoms with van der Waals surface area (Å²) in [5.41, 5.74) is 12.1. The molecule has 0 aliphatic carbocycles. The minimum Gasteiger partial charge on any atom is -0.382 e. The first kappa shape index (κ1) is 14.1. The molecule has 1 heterocycles. The first-order valence-electron chi connectivity index (χ1n) is 7.66. The van der Waals surface area contributed by atoms with Crippen LogP contribution in [0.1, 0.15) is 18.1 Å². The average Bonchev–Trinajstić information content (AvgIpc) is 2.87. The molecule has 0 bridgehead atoms. The van der Waals surface area contributed by atoms with Crippen LogP contribution in [-0.4, -0.2) is 19.1 Å². The van der Waals surface area contributed by atoms with E-state index in [-0.39, 0.29) is 0 Å². The summed E-state index contributed by atoms with van der Waals surface area (Å²) >= 11 is 0. The molecule has 1 atom stereocenters. The molecule has 3 rings (SSSR count). The first-order chi connectivity index (χ1) is 10.3. The van der Waals surface area contributed by atoms with Crippen LogP contribution in [0, 0.1) is 0 Å². The standard InChI is InChI=1S/C18H23N3/c1-13-10-17-11-16(6-7-18(17)21-13)15-4-2-14(3-5-15)12-20-9-8-19/h2-7,11,13,20-21H,8-10,12,19H2,1H3. The summed E-state index contributed by atoms with van der Waals surface area (Å²) in [7, 11) is 0. The summed E-state index contributed by atoms with van der Waals surface area (Å²) in [6.45, 7) is 4.64. The zero-order chi connectivity index (χ0) is 14.7. The second kappa shape index (κ2) is 6.29. The summed E-state index contributed by atoms with van der Waals surface area (Å²) in [6, 6.07) is 16.0. The van der Waals surface area contributed by atoms with Crippen molar-refractivity contribution < 1.29 is 0 Å². The van der Waals surface area contributed by atoms with E-state index in [1.165, 1.54) is 27.9 Å². The van der Waals surface area contributed by atoms with Gasteiger partial charge < -0.3 is 16.4 Å². The van der Waals surface area contributed by atoms with Gasteiger partial charge in [0.2, 0.25) is 0 Å². The average molecular weight is 281 g/mol. The third-order valence-electron chi connectivity index (χ3n) is 3.97. The monoisotopic (exact) mass is 281 g/mol. The Morgan fingerprint density at radius 3 is 2.67 bits per heavy atom. The molecule has 1 unspecified atom stereocenters. The predicted octanol–water partition coefficient (Wildman–Crippen LogP) is 2.76. The summed E-state index contributed by atoms with van der Waals surface area (Å²) in [5, 5.41) is 6.81. The van der Waals surface area contributed by atoms with Crippen molar-refractivity contribution in [1.29, 1.82) is 0 Å². The smallest absolute Gasteiger partial charge is 0.0376 e. The van der Waals surface area contributed by atoms with Gasteiger partial charge >= 0.3 is 0 Å². The molecule has 0 fully saturated rings. The maximum Gasteiger partial charge on any atom is 0.0376 e. The number of fused-ring (bicyclic) bond motifs is 1. The highest BCUT2D eigenvalue weighted by Gasteiger charge is 2.16. The van der Waals surface area contributed by atoms with Crippen molar-refractivity contribution in [3.05, 3.63) is 53.6 Å². The Bertz CT molecular complexity index is 604. The highest BCUT2D eigenvalue weighted by atomic mass is 14.9. The van der Waals surface area contributed by atoms with Crippen molar-refractivity contribution in [2.75, 3.05) is 18.4 Å². The number of rotatable bonds is 5. The van der Waals surface area contributed by atoms with Crippen LogP contribution < -0.4 is 16.4 Å². The van der Waals surface area contributed by atoms with E-state index in [0.717, 1.165) is 19.5 Å². The molecule has 0 spiro atoms. The Hall–Kier alpha value is -1.84. The number of nitrogens with one attached hydrogen (secondary N) is 2. The van der Waals surface area contributed by atoms with E-state index in [2.05, 4.69) is 60.0 Å². The van der Waals surface area contributed by atoms with Crippen LogP contribution in [0.4, 0.5) is 5.69 Å². The molecule has 2 aromatic rings. The largest absolute Gasteiger partial charge is 0.382 e. The summed E-state index contributed by atoms with van der Waals surface area (Å²) in [5.74, 6) is 0. The molecule has 110 valence electrons. The Kier molecular flexibility index (Phi) is 4.23. The first-order valence-corrected chi connectivity index (χ1v) is 7.66. The van der Waals surface area contributed by atoms with Gasteiger partial charge in [-0.25, -0.2) is 0 Å². The van der Waals surface area contributed by atoms with E-state index in [9.17, 15) is 0 Å². The van der Waals surface area contributed by atoms with Crippen LogP contribution in [0.25, 0.3) is 11.1 Å². The highest BCUT2D eigenvalue weighted by molar-refractivity contribution is 5.70. The van der Waals surface area contributed by atoms with Gasteiger partial charge in [0.15, 0.2) is 0 Å². The van der Waals surface area contributed by atoms with Crippen molar-refractivity contribution in [1.82, 2.24) is 5.32 Å². The van der Waals surface area contributed by atoms with Gasteiger partial charge in [-0.1, -0.05) is 30.3 Å². The van der Waals surface area contributed by atoms with Gasteiger partial charge in [-0.2, -0.15) is 0 Å². The molecule has 3 nitrogen and oxygen atoms in total. The SMILES string of the molecule is CC1Cc2cc(-c3ccc(CNCCN)cc3)ccc2N1. The van der Waals surface area contributed by atoms with Gasteiger partial charge in [-0.05, 0) is 47.7 Å². The third kappa shape index (κ3) is 3.26. The van der Waals surface area contributed by atoms with E-state index >= 15 is 0 Å². The normalized spacial score (nSPS) is 16.6. The number of hydrogen-bond acceptors (Lipinski definition) is 3. The van der Waals surface area contributed by atoms with Crippen molar-refractivity contribution >= 4 is 5.69 Å². The Morgan fingerprint density at radius 1 is 1.14 bits per heavy atom. The Labute approximate surface area is 126 Å². The highest BCUT2D eigenvalue weighted by Crippen LogP contribution is 2.30. The summed E-state index contributed by atoms with van der Waals surface area (Å²) in [4.78, 5) is 0. The van der Waals surface area contributed by atoms with Crippen LogP contribution in [0.15, 0.2) is 42.5 Å². The van der Waals surface area contributed by atoms with Crippen LogP contribution in [0.3, 0.4) is 0 Å². The number of nitrogens with two attached hydrogens (primary N) is 1. The van der Waals surface area contributed by atoms with E-state index < -0.39 is 0 Å². The molecule has 0 amide bonds. The Balaban J connectivity index is 1.74. The second-order valence-corrected chi connectivity index (χ2v) is 5.78. The van der Waals surface area contributed by atoms with Crippen molar-refractivity contribution in [2.24, 2.45) is 5.73 Å². The summed E-state index contributed by atoms with van der Waals surface area (Å²) in [6.07, 6.45) is 1.12. The van der Waals surface area contributed by atoms with Gasteiger partial charge in [0.1, 0.15) is 0 Å². The molecule has 2 aromatic carbocycles. The quantitative estimate of drug-likeness (QED) is 0.739. The molecule has 4 N–H and O–H groups in total. The fraction of sp³-hybridized carbons (Fsp3) is 0.333. The van der Waals surface area contributed by atoms with Gasteiger partial charge in [0, 0.05) is 31.4 Å². The lowest BCUT2D eigenvalue weighted by atomic mass is 10.00. The minimum atomic E-state index is 0.547. The van der Waals surface area contributed by atoms with Crippen LogP contribution >= 0.6 is 0 Å². The van der Waals surface area contributed by atoms with Gasteiger partial charge in [-0.3, -0.25) is 0 Å². The third-order valence-corrected chi connectivity index (χ3v) is 3.97. The lowest BCUT2D eigenvalue weighted by molar-refractivity contribution is 0.695. The molecule has 3 heteroatoms. The van der Waals surface area contributed by atoms with Gasteiger partial charge in [-0.15, -0.1) is 0 Å². The molecule has 0 saturated heterocycles. The van der Waals surface area contributed by atoms with Crippen molar-refractivity contribution in [2.45, 2.75) is 25.9 Å². The summed E-state index contributed by atoms with van der Waals surface area (Å²) < 4.78 is 0. The van der Waals surface area contributed by atoms with Gasteiger partial charge in [0.05, 0.1) is 0 Å². The topological polar surface area (TPSA) is 50.1 Å². The molecule has 0 radical (unpaired) electrons. The van der Waals surface area contributed by atoms with Crippen LogP contribution in [0.2, 0.25) is 0 Å². The predicted molar refractivity (Wildman–Crippen MR) is 89.4 cm³/mol. The van der Waals surface area contributed by atoms with E-state index in [0.29, 0.717) is 12.6 Å². The van der Waals surface area contributed by atoms with Crippen molar-refractivity contribution in [3.63, 3.8) is 0 Å². The lowest BCUT2D eigenvalue weighted by Crippen LogP contribution is -2.21. The lowest BCUT2D eigenvalue weighted by Gasteiger charge is -2.07. The molecular weight excluding hydrogens is 258 g/mol. The van der Waals surface area contributed by atoms with Crippen molar-refractivity contribution in [3.8, 4) is 11.1 Å². The van der Waals surface area contributed by atoms with Crippen LogP contribution in [-0.2, 0) is 13.0 Å². The molecule has 1 aliphatic rings. The fourth-order valence-corrected chi connectivity index (χ4v) is 2.88. The van der Waals surface area contributed by atoms with Gasteiger partial charge in [0.25, 0.3) is 0 Å². The number of benzene rings is 2.